The number of hydrogen-bond acceptors (Lipinski definition) is 4. The molecule has 0 unspecified atom stereocenters. The number of methoxy groups -OCH3 is 1. The second-order valence-corrected chi connectivity index (χ2v) is 6.77. The number of carbonyl (C=O) groups excluding carboxylic acids is 1. The van der Waals surface area contributed by atoms with Crippen molar-refractivity contribution in [3.8, 4) is 16.9 Å². The Morgan fingerprint density at radius 1 is 1.19 bits per heavy atom. The molecule has 0 bridgehead atoms. The summed E-state index contributed by atoms with van der Waals surface area (Å²) in [5, 5.41) is 11.9. The summed E-state index contributed by atoms with van der Waals surface area (Å²) >= 11 is 0. The Hall–Kier alpha value is -2.86. The first-order valence-electron chi connectivity index (χ1n) is 9.04. The zero-order valence-corrected chi connectivity index (χ0v) is 15.4. The molecule has 1 aliphatic heterocycles. The smallest absolute Gasteiger partial charge is 0.317 e. The van der Waals surface area contributed by atoms with Crippen molar-refractivity contribution in [3.63, 3.8) is 0 Å². The van der Waals surface area contributed by atoms with E-state index in [1.54, 1.807) is 7.11 Å². The fraction of sp³-hybridized carbons (Fsp3) is 0.333. The lowest BCUT2D eigenvalue weighted by molar-refractivity contribution is -0.139. The number of amides is 1. The van der Waals surface area contributed by atoms with Gasteiger partial charge in [-0.05, 0) is 54.8 Å². The standard InChI is InChI=1S/C21H24N2O4/c1-27-19-6-2-4-16(12-19)15-7-9-18(10-8-15)22-21(26)17-5-3-11-23(13-17)14-20(24)25/h2,4,6-10,12,17H,3,5,11,13-14H2,1H3,(H,22,26)(H,24,25)/t17-/m1/s1. The minimum atomic E-state index is -0.857. The molecule has 3 rings (SSSR count). The number of piperidine rings is 1. The van der Waals surface area contributed by atoms with Gasteiger partial charge in [-0.25, -0.2) is 0 Å². The zero-order chi connectivity index (χ0) is 19.2. The number of nitrogens with one attached hydrogen (secondary N) is 1. The highest BCUT2D eigenvalue weighted by Gasteiger charge is 2.26. The molecule has 0 aliphatic carbocycles. The molecule has 1 atom stereocenters. The summed E-state index contributed by atoms with van der Waals surface area (Å²) in [5.74, 6) is -0.298. The Bertz CT molecular complexity index is 804. The van der Waals surface area contributed by atoms with Crippen molar-refractivity contribution in [2.45, 2.75) is 12.8 Å². The van der Waals surface area contributed by atoms with Crippen LogP contribution in [0.4, 0.5) is 5.69 Å². The third kappa shape index (κ3) is 5.08. The monoisotopic (exact) mass is 368 g/mol. The van der Waals surface area contributed by atoms with Crippen LogP contribution in [0.1, 0.15) is 12.8 Å². The minimum absolute atomic E-state index is 0.0149. The van der Waals surface area contributed by atoms with Gasteiger partial charge in [-0.2, -0.15) is 0 Å². The predicted molar refractivity (Wildman–Crippen MR) is 104 cm³/mol. The molecule has 2 aromatic rings. The summed E-state index contributed by atoms with van der Waals surface area (Å²) in [5.41, 5.74) is 2.82. The average Bonchev–Trinajstić information content (AvgIpc) is 2.68. The predicted octanol–water partition coefficient (Wildman–Crippen LogP) is 3.10. The number of carboxylic acid groups (broad SMARTS) is 1. The van der Waals surface area contributed by atoms with E-state index in [1.807, 2.05) is 53.4 Å². The van der Waals surface area contributed by atoms with Crippen LogP contribution in [0.3, 0.4) is 0 Å². The molecule has 142 valence electrons. The molecule has 1 heterocycles. The summed E-state index contributed by atoms with van der Waals surface area (Å²) < 4.78 is 5.25. The molecule has 2 N–H and O–H groups in total. The molecule has 0 radical (unpaired) electrons. The van der Waals surface area contributed by atoms with Crippen LogP contribution in [-0.2, 0) is 9.59 Å². The second kappa shape index (κ2) is 8.68. The third-order valence-electron chi connectivity index (χ3n) is 4.79. The van der Waals surface area contributed by atoms with Crippen molar-refractivity contribution < 1.29 is 19.4 Å². The van der Waals surface area contributed by atoms with E-state index in [9.17, 15) is 9.59 Å². The largest absolute Gasteiger partial charge is 0.497 e. The molecule has 1 aliphatic rings. The van der Waals surface area contributed by atoms with Crippen LogP contribution in [-0.4, -0.2) is 48.6 Å². The van der Waals surface area contributed by atoms with Crippen molar-refractivity contribution in [1.82, 2.24) is 4.90 Å². The summed E-state index contributed by atoms with van der Waals surface area (Å²) in [6.07, 6.45) is 1.62. The summed E-state index contributed by atoms with van der Waals surface area (Å²) in [6.45, 7) is 1.20. The van der Waals surface area contributed by atoms with Gasteiger partial charge in [0.2, 0.25) is 5.91 Å². The molecule has 27 heavy (non-hydrogen) atoms. The van der Waals surface area contributed by atoms with E-state index in [-0.39, 0.29) is 18.4 Å². The van der Waals surface area contributed by atoms with Gasteiger partial charge in [0.25, 0.3) is 0 Å². The third-order valence-corrected chi connectivity index (χ3v) is 4.79. The molecule has 0 saturated carbocycles. The Morgan fingerprint density at radius 2 is 1.96 bits per heavy atom. The van der Waals surface area contributed by atoms with Gasteiger partial charge in [0.05, 0.1) is 19.6 Å². The van der Waals surface area contributed by atoms with Crippen LogP contribution in [0, 0.1) is 5.92 Å². The van der Waals surface area contributed by atoms with Gasteiger partial charge in [0.15, 0.2) is 0 Å². The van der Waals surface area contributed by atoms with Crippen molar-refractivity contribution in [1.29, 1.82) is 0 Å². The van der Waals surface area contributed by atoms with Crippen molar-refractivity contribution in [2.75, 3.05) is 32.1 Å². The topological polar surface area (TPSA) is 78.9 Å². The summed E-state index contributed by atoms with van der Waals surface area (Å²) in [7, 11) is 1.64. The summed E-state index contributed by atoms with van der Waals surface area (Å²) in [6, 6.07) is 15.5. The number of carboxylic acids is 1. The van der Waals surface area contributed by atoms with Gasteiger partial charge in [-0.3, -0.25) is 14.5 Å². The highest BCUT2D eigenvalue weighted by atomic mass is 16.5. The van der Waals surface area contributed by atoms with Gasteiger partial charge >= 0.3 is 5.97 Å². The normalized spacial score (nSPS) is 17.3. The first kappa shape index (κ1) is 18.9. The number of anilines is 1. The fourth-order valence-corrected chi connectivity index (χ4v) is 3.40. The molecular weight excluding hydrogens is 344 g/mol. The number of ether oxygens (including phenoxy) is 1. The Kier molecular flexibility index (Phi) is 6.08. The molecule has 1 fully saturated rings. The maximum atomic E-state index is 12.5. The summed E-state index contributed by atoms with van der Waals surface area (Å²) in [4.78, 5) is 25.2. The maximum Gasteiger partial charge on any atom is 0.317 e. The number of likely N-dealkylation sites (tertiary alicyclic amines) is 1. The highest BCUT2D eigenvalue weighted by Crippen LogP contribution is 2.25. The molecule has 2 aromatic carbocycles. The van der Waals surface area contributed by atoms with E-state index < -0.39 is 5.97 Å². The van der Waals surface area contributed by atoms with E-state index in [4.69, 9.17) is 9.84 Å². The minimum Gasteiger partial charge on any atom is -0.497 e. The van der Waals surface area contributed by atoms with Crippen LogP contribution < -0.4 is 10.1 Å². The van der Waals surface area contributed by atoms with E-state index in [0.717, 1.165) is 42.0 Å². The van der Waals surface area contributed by atoms with Crippen LogP contribution in [0.25, 0.3) is 11.1 Å². The molecule has 6 heteroatoms. The van der Waals surface area contributed by atoms with E-state index in [1.165, 1.54) is 0 Å². The molecule has 6 nitrogen and oxygen atoms in total. The van der Waals surface area contributed by atoms with Gasteiger partial charge in [-0.15, -0.1) is 0 Å². The van der Waals surface area contributed by atoms with E-state index >= 15 is 0 Å². The quantitative estimate of drug-likeness (QED) is 0.819. The van der Waals surface area contributed by atoms with E-state index in [2.05, 4.69) is 5.32 Å². The van der Waals surface area contributed by atoms with Crippen molar-refractivity contribution in [3.05, 3.63) is 48.5 Å². The Balaban J connectivity index is 1.62. The first-order valence-corrected chi connectivity index (χ1v) is 9.04. The zero-order valence-electron chi connectivity index (χ0n) is 15.4. The Morgan fingerprint density at radius 3 is 2.67 bits per heavy atom. The fourth-order valence-electron chi connectivity index (χ4n) is 3.40. The number of rotatable bonds is 6. The van der Waals surface area contributed by atoms with Crippen molar-refractivity contribution >= 4 is 17.6 Å². The van der Waals surface area contributed by atoms with Gasteiger partial charge in [0, 0.05) is 12.2 Å². The molecule has 0 aromatic heterocycles. The lowest BCUT2D eigenvalue weighted by Crippen LogP contribution is -2.42. The number of carbonyl (C=O) groups is 2. The van der Waals surface area contributed by atoms with Gasteiger partial charge in [0.1, 0.15) is 5.75 Å². The average molecular weight is 368 g/mol. The molecule has 1 saturated heterocycles. The Labute approximate surface area is 158 Å². The van der Waals surface area contributed by atoms with Gasteiger partial charge < -0.3 is 15.2 Å². The number of nitrogens with zero attached hydrogens (tertiary/aromatic N) is 1. The molecule has 1 amide bonds. The first-order chi connectivity index (χ1) is 13.0. The number of aliphatic carboxylic acids is 1. The lowest BCUT2D eigenvalue weighted by Gasteiger charge is -2.30. The lowest BCUT2D eigenvalue weighted by atomic mass is 9.97. The second-order valence-electron chi connectivity index (χ2n) is 6.77. The van der Waals surface area contributed by atoms with Crippen LogP contribution in [0.5, 0.6) is 5.75 Å². The van der Waals surface area contributed by atoms with Gasteiger partial charge in [-0.1, -0.05) is 24.3 Å². The van der Waals surface area contributed by atoms with Crippen LogP contribution >= 0.6 is 0 Å². The van der Waals surface area contributed by atoms with Crippen LogP contribution in [0.2, 0.25) is 0 Å². The van der Waals surface area contributed by atoms with E-state index in [0.29, 0.717) is 6.54 Å². The number of hydrogen-bond donors (Lipinski definition) is 2. The maximum absolute atomic E-state index is 12.5. The number of benzene rings is 2. The highest BCUT2D eigenvalue weighted by molar-refractivity contribution is 5.93. The molecule has 0 spiro atoms. The SMILES string of the molecule is COc1cccc(-c2ccc(NC(=O)[C@@H]3CCCN(CC(=O)O)C3)cc2)c1. The van der Waals surface area contributed by atoms with Crippen LogP contribution in [0.15, 0.2) is 48.5 Å². The van der Waals surface area contributed by atoms with Crippen molar-refractivity contribution in [2.24, 2.45) is 5.92 Å². The molecular formula is C21H24N2O4.